The highest BCUT2D eigenvalue weighted by atomic mass is 127. The molecule has 0 aliphatic heterocycles. The van der Waals surface area contributed by atoms with Crippen LogP contribution in [-0.4, -0.2) is 87.6 Å². The fraction of sp³-hybridized carbons (Fsp3) is 0.0431. The van der Waals surface area contributed by atoms with Gasteiger partial charge >= 0.3 is 0 Å². The lowest BCUT2D eigenvalue weighted by Gasteiger charge is -2.12. The SMILES string of the molecule is Br.Brc1ccc2c3ccccc3n(-c3ccccn3)c2c1.C.C.CC(=O)O.COc1ccc(-c2[nH]cc3ccccc23)cc1.COc1ccc2c(c1)c1ncccc1n1cc3ccccc3c21.Clc1ncccc1I.Oc1ccc2c(c1)c1ncccc1n1cc3ccccc3c21.c1ccc(-n2c3ccccc3c3ccc(Oc4ccc5c(c4)c4ncccc4n4c6ccccc6cc54)cc32)nc1. The number of halogens is 4. The normalized spacial score (nSPS) is 11.0. The topological polar surface area (TPSA) is 201 Å². The summed E-state index contributed by atoms with van der Waals surface area (Å²) in [4.78, 5) is 39.3. The minimum Gasteiger partial charge on any atom is -0.508 e. The summed E-state index contributed by atoms with van der Waals surface area (Å²) in [5.41, 5.74) is 17.7. The smallest absolute Gasteiger partial charge is 0.300 e. The van der Waals surface area contributed by atoms with Crippen molar-refractivity contribution in [2.75, 3.05) is 14.2 Å². The molecule has 0 amide bonds. The van der Waals surface area contributed by atoms with Crippen LogP contribution in [-0.2, 0) is 4.79 Å². The fourth-order valence-corrected chi connectivity index (χ4v) is 19.1. The van der Waals surface area contributed by atoms with E-state index in [9.17, 15) is 5.11 Å². The molecular formula is C116H88Br2ClIN12O6. The molecule has 138 heavy (non-hydrogen) atoms. The van der Waals surface area contributed by atoms with Gasteiger partial charge in [-0.05, 0) is 234 Å². The second-order valence-corrected chi connectivity index (χ2v) is 34.5. The quantitative estimate of drug-likeness (QED) is 0.0775. The molecule has 15 aromatic heterocycles. The van der Waals surface area contributed by atoms with Crippen molar-refractivity contribution in [1.29, 1.82) is 0 Å². The molecule has 676 valence electrons. The Balaban J connectivity index is 0.000000114. The van der Waals surface area contributed by atoms with Gasteiger partial charge in [-0.2, -0.15) is 0 Å². The van der Waals surface area contributed by atoms with Gasteiger partial charge in [0.25, 0.3) is 5.97 Å². The van der Waals surface area contributed by atoms with Crippen molar-refractivity contribution >= 4 is 242 Å². The lowest BCUT2D eigenvalue weighted by Crippen LogP contribution is -1.96. The highest BCUT2D eigenvalue weighted by Gasteiger charge is 2.21. The summed E-state index contributed by atoms with van der Waals surface area (Å²) in [6.45, 7) is 1.08. The van der Waals surface area contributed by atoms with Crippen molar-refractivity contribution in [2.45, 2.75) is 21.8 Å². The number of aromatic amines is 1. The Morgan fingerprint density at radius 3 is 1.32 bits per heavy atom. The minimum atomic E-state index is -0.833. The predicted octanol–water partition coefficient (Wildman–Crippen LogP) is 31.4. The molecule has 0 spiro atoms. The third-order valence-electron chi connectivity index (χ3n) is 24.0. The molecule has 0 aliphatic rings. The molecule has 0 radical (unpaired) electrons. The van der Waals surface area contributed by atoms with Crippen molar-refractivity contribution in [1.82, 2.24) is 57.2 Å². The monoisotopic (exact) mass is 2060 g/mol. The number of hydrogen-bond donors (Lipinski definition) is 3. The largest absolute Gasteiger partial charge is 0.508 e. The molecule has 0 saturated carbocycles. The predicted molar refractivity (Wildman–Crippen MR) is 586 cm³/mol. The summed E-state index contributed by atoms with van der Waals surface area (Å²) in [5.74, 6) is 4.52. The summed E-state index contributed by atoms with van der Waals surface area (Å²) in [6, 6.07) is 120. The number of methoxy groups -OCH3 is 2. The van der Waals surface area contributed by atoms with Crippen LogP contribution in [0.15, 0.2) is 412 Å². The van der Waals surface area contributed by atoms with E-state index < -0.39 is 5.97 Å². The maximum absolute atomic E-state index is 9.89. The number of hydrogen-bond acceptors (Lipinski definition) is 11. The number of benzene rings is 12. The van der Waals surface area contributed by atoms with Crippen LogP contribution in [0, 0.1) is 3.57 Å². The van der Waals surface area contributed by atoms with Crippen LogP contribution >= 0.6 is 67.1 Å². The summed E-state index contributed by atoms with van der Waals surface area (Å²) in [5, 5.41) is 37.9. The first-order chi connectivity index (χ1) is 66.3. The second kappa shape index (κ2) is 40.2. The molecule has 0 fully saturated rings. The van der Waals surface area contributed by atoms with E-state index in [1.165, 1.54) is 86.9 Å². The van der Waals surface area contributed by atoms with Gasteiger partial charge in [0.2, 0.25) is 0 Å². The van der Waals surface area contributed by atoms with Gasteiger partial charge in [-0.3, -0.25) is 28.9 Å². The first kappa shape index (κ1) is 92.4. The summed E-state index contributed by atoms with van der Waals surface area (Å²) in [6.07, 6.45) is 17.2. The number of rotatable bonds is 7. The Morgan fingerprint density at radius 1 is 0.362 bits per heavy atom. The number of para-hydroxylation sites is 3. The van der Waals surface area contributed by atoms with Gasteiger partial charge in [0, 0.05) is 159 Å². The zero-order valence-corrected chi connectivity index (χ0v) is 79.4. The number of aliphatic carboxylic acids is 1. The van der Waals surface area contributed by atoms with E-state index in [0.717, 1.165) is 143 Å². The number of carbonyl (C=O) groups is 1. The number of aromatic hydroxyl groups is 1. The number of nitrogens with zero attached hydrogens (tertiary/aromatic N) is 11. The lowest BCUT2D eigenvalue weighted by atomic mass is 10.1. The Labute approximate surface area is 829 Å². The molecule has 12 aromatic carbocycles. The van der Waals surface area contributed by atoms with Crippen LogP contribution in [0.3, 0.4) is 0 Å². The van der Waals surface area contributed by atoms with Gasteiger partial charge in [-0.1, -0.05) is 188 Å². The van der Waals surface area contributed by atoms with E-state index in [4.69, 9.17) is 40.7 Å². The Morgan fingerprint density at radius 2 is 0.768 bits per heavy atom. The molecule has 0 saturated heterocycles. The zero-order valence-electron chi connectivity index (χ0n) is 73.2. The van der Waals surface area contributed by atoms with Crippen LogP contribution in [0.5, 0.6) is 28.7 Å². The van der Waals surface area contributed by atoms with Crippen molar-refractivity contribution in [3.63, 3.8) is 0 Å². The van der Waals surface area contributed by atoms with Crippen molar-refractivity contribution < 1.29 is 29.2 Å². The average molecular weight is 2070 g/mol. The highest BCUT2D eigenvalue weighted by Crippen LogP contribution is 2.43. The summed E-state index contributed by atoms with van der Waals surface area (Å²) < 4.78 is 30.3. The number of carboxylic acids is 1. The van der Waals surface area contributed by atoms with Gasteiger partial charge in [-0.15, -0.1) is 17.0 Å². The van der Waals surface area contributed by atoms with Crippen LogP contribution in [0.25, 0.3) is 192 Å². The summed E-state index contributed by atoms with van der Waals surface area (Å²) in [7, 11) is 3.38. The molecule has 3 N–H and O–H groups in total. The molecule has 15 heterocycles. The molecule has 27 rings (SSSR count). The van der Waals surface area contributed by atoms with Gasteiger partial charge < -0.3 is 42.6 Å². The van der Waals surface area contributed by atoms with Crippen molar-refractivity contribution in [2.24, 2.45) is 0 Å². The average Bonchev–Trinajstić information content (AvgIpc) is 1.46. The Kier molecular flexibility index (Phi) is 26.9. The van der Waals surface area contributed by atoms with E-state index >= 15 is 0 Å². The zero-order chi connectivity index (χ0) is 91.7. The van der Waals surface area contributed by atoms with E-state index in [0.29, 0.717) is 5.15 Å². The van der Waals surface area contributed by atoms with E-state index in [1.807, 2.05) is 140 Å². The molecule has 0 atom stereocenters. The molecule has 18 nitrogen and oxygen atoms in total. The molecule has 22 heteroatoms. The number of phenolic OH excluding ortho intramolecular Hbond substituents is 1. The minimum absolute atomic E-state index is 0. The molecular weight excluding hydrogens is 1980 g/mol. The lowest BCUT2D eigenvalue weighted by molar-refractivity contribution is -0.134. The number of fused-ring (bicyclic) bond motifs is 31. The maximum Gasteiger partial charge on any atom is 0.300 e. The number of pyridine rings is 9. The Hall–Kier alpha value is -16.1. The maximum atomic E-state index is 9.89. The van der Waals surface area contributed by atoms with Gasteiger partial charge in [0.1, 0.15) is 45.5 Å². The number of aromatic nitrogens is 12. The van der Waals surface area contributed by atoms with Crippen molar-refractivity contribution in [3.8, 4) is 51.6 Å². The van der Waals surface area contributed by atoms with E-state index in [1.54, 1.807) is 38.7 Å². The number of carboxylic acid groups (broad SMARTS) is 1. The molecule has 0 bridgehead atoms. The standard InChI is InChI=1S/C36H22N4O.C20H14N2O.C19H12N2O.C17H11BrN2.C15H13NO.C5H3ClIN.C2H4O2.2CH4.BrH/c1-3-10-30-23(8-1)20-33-28-17-14-24(21-29(28)36-32(39(30)33)12-7-19-38-36)41-25-15-16-27-26-9-2-4-11-31(26)40(34(27)22-25)35-13-5-6-18-37-35;1-23-14-8-9-16-17(11-14)19-18(7-4-10-21-19)22-12-13-5-2-3-6-15(13)20(16)22;22-13-7-8-15-16(10-13)18-17(6-3-9-20-18)21-11-12-4-1-2-5-14(12)19(15)21;18-12-8-9-14-13-5-1-2-6-15(13)20(16(14)11-12)17-7-3-4-10-19-17;1-17-13-8-6-11(7-9-13)15-14-5-3-2-4-12(14)10-16-15;6-5-4(7)2-1-3-8-5;1-2(3)4;;;/h1-22H;2-12H,1H3;1-11,22H;1-11H;2-10,16H,1H3;1-3H;1H3,(H,3,4);2*1H4;1H. The van der Waals surface area contributed by atoms with Gasteiger partial charge in [0.05, 0.1) is 101 Å². The first-order valence-electron chi connectivity index (χ1n) is 43.5. The Bertz CT molecular complexity index is 9210. The number of H-pyrrole nitrogens is 1. The van der Waals surface area contributed by atoms with Crippen molar-refractivity contribution in [3.05, 3.63) is 421 Å². The van der Waals surface area contributed by atoms with Gasteiger partial charge in [-0.25, -0.2) is 15.0 Å². The second-order valence-electron chi connectivity index (χ2n) is 32.1. The third kappa shape index (κ3) is 17.7. The van der Waals surface area contributed by atoms with Crippen LogP contribution in [0.4, 0.5) is 0 Å². The van der Waals surface area contributed by atoms with Crippen LogP contribution in [0.1, 0.15) is 21.8 Å². The molecule has 27 aromatic rings. The number of nitrogens with one attached hydrogen (secondary N) is 1. The summed E-state index contributed by atoms with van der Waals surface area (Å²) >= 11 is 11.3. The van der Waals surface area contributed by atoms with E-state index in [2.05, 4.69) is 334 Å². The highest BCUT2D eigenvalue weighted by molar-refractivity contribution is 14.1. The number of phenols is 1. The van der Waals surface area contributed by atoms with Gasteiger partial charge in [0.15, 0.2) is 0 Å². The first-order valence-corrected chi connectivity index (χ1v) is 45.8. The fourth-order valence-electron chi connectivity index (χ4n) is 18.2. The molecule has 0 unspecified atom stereocenters. The van der Waals surface area contributed by atoms with Crippen LogP contribution in [0.2, 0.25) is 5.15 Å². The molecule has 0 aliphatic carbocycles. The van der Waals surface area contributed by atoms with Crippen LogP contribution < -0.4 is 14.2 Å². The van der Waals surface area contributed by atoms with E-state index in [-0.39, 0.29) is 37.6 Å². The third-order valence-corrected chi connectivity index (χ3v) is 26.0. The number of ether oxygens (including phenoxy) is 3.